The number of hydrogen-bond acceptors (Lipinski definition) is 6. The number of halogens is 3. The van der Waals surface area contributed by atoms with Crippen LogP contribution in [-0.2, 0) is 6.18 Å². The van der Waals surface area contributed by atoms with Crippen LogP contribution >= 0.6 is 0 Å². The van der Waals surface area contributed by atoms with Crippen molar-refractivity contribution in [3.63, 3.8) is 0 Å². The molecule has 1 aromatic carbocycles. The third-order valence-corrected chi connectivity index (χ3v) is 4.98. The fraction of sp³-hybridized carbons (Fsp3) is 0.400. The van der Waals surface area contributed by atoms with Crippen LogP contribution in [-0.4, -0.2) is 44.8 Å². The van der Waals surface area contributed by atoms with Crippen molar-refractivity contribution in [1.29, 1.82) is 5.41 Å². The summed E-state index contributed by atoms with van der Waals surface area (Å²) in [6.45, 7) is 6.78. The monoisotopic (exact) mass is 433 g/mol. The number of nitrogens with one attached hydrogen (secondary N) is 4. The summed E-state index contributed by atoms with van der Waals surface area (Å²) in [5.41, 5.74) is -0.549. The van der Waals surface area contributed by atoms with E-state index in [0.29, 0.717) is 41.7 Å². The van der Waals surface area contributed by atoms with Gasteiger partial charge in [0.2, 0.25) is 5.95 Å². The number of alkyl halides is 3. The molecule has 1 fully saturated rings. The number of H-pyrrole nitrogens is 2. The molecule has 164 valence electrons. The molecule has 1 aliphatic heterocycles. The zero-order valence-corrected chi connectivity index (χ0v) is 17.2. The Kier molecular flexibility index (Phi) is 4.78. The van der Waals surface area contributed by atoms with Crippen LogP contribution in [0.5, 0.6) is 0 Å². The summed E-state index contributed by atoms with van der Waals surface area (Å²) in [5.74, 6) is 1.24. The number of aromatic amines is 2. The van der Waals surface area contributed by atoms with Gasteiger partial charge in [0.15, 0.2) is 0 Å². The number of nitrogens with zero attached hydrogens (tertiary/aromatic N) is 3. The molecule has 0 aliphatic carbocycles. The third-order valence-electron chi connectivity index (χ3n) is 4.98. The van der Waals surface area contributed by atoms with E-state index in [1.54, 1.807) is 0 Å². The smallest absolute Gasteiger partial charge is 0.365 e. The van der Waals surface area contributed by atoms with E-state index in [1.807, 2.05) is 25.7 Å². The Hall–Kier alpha value is -3.37. The van der Waals surface area contributed by atoms with Gasteiger partial charge in [-0.3, -0.25) is 4.79 Å². The SMILES string of the molecule is CC(C)(C)Nc1nc(C2CN(c3nc4ccc(C(F)(F)F)cc4[nH]3)C2)[nH]c(=O)c1C=N. The van der Waals surface area contributed by atoms with Gasteiger partial charge in [-0.1, -0.05) is 0 Å². The van der Waals surface area contributed by atoms with Crippen LogP contribution in [0.15, 0.2) is 23.0 Å². The molecular weight excluding hydrogens is 411 g/mol. The molecule has 8 nitrogen and oxygen atoms in total. The Labute approximate surface area is 175 Å². The van der Waals surface area contributed by atoms with E-state index in [4.69, 9.17) is 5.41 Å². The van der Waals surface area contributed by atoms with Gasteiger partial charge in [-0.05, 0) is 39.0 Å². The molecule has 0 bridgehead atoms. The zero-order chi connectivity index (χ0) is 22.6. The van der Waals surface area contributed by atoms with Gasteiger partial charge < -0.3 is 25.6 Å². The van der Waals surface area contributed by atoms with E-state index in [1.165, 1.54) is 6.07 Å². The highest BCUT2D eigenvalue weighted by atomic mass is 19.4. The van der Waals surface area contributed by atoms with E-state index in [9.17, 15) is 18.0 Å². The lowest BCUT2D eigenvalue weighted by Crippen LogP contribution is -2.47. The van der Waals surface area contributed by atoms with Crippen LogP contribution in [0.25, 0.3) is 11.0 Å². The highest BCUT2D eigenvalue weighted by molar-refractivity contribution is 5.83. The first-order valence-electron chi connectivity index (χ1n) is 9.69. The molecule has 3 aromatic rings. The van der Waals surface area contributed by atoms with Crippen LogP contribution in [0.4, 0.5) is 24.9 Å². The van der Waals surface area contributed by atoms with E-state index in [0.717, 1.165) is 18.3 Å². The predicted octanol–water partition coefficient (Wildman–Crippen LogP) is 3.48. The maximum absolute atomic E-state index is 12.9. The Balaban J connectivity index is 1.55. The molecule has 0 atom stereocenters. The Morgan fingerprint density at radius 3 is 2.52 bits per heavy atom. The molecule has 4 N–H and O–H groups in total. The van der Waals surface area contributed by atoms with Crippen molar-refractivity contribution in [2.75, 3.05) is 23.3 Å². The first kappa shape index (κ1) is 20.9. The topological polar surface area (TPSA) is 114 Å². The summed E-state index contributed by atoms with van der Waals surface area (Å²) < 4.78 is 38.8. The summed E-state index contributed by atoms with van der Waals surface area (Å²) >= 11 is 0. The second-order valence-corrected chi connectivity index (χ2v) is 8.62. The Bertz CT molecular complexity index is 1200. The van der Waals surface area contributed by atoms with Crippen molar-refractivity contribution in [2.45, 2.75) is 38.4 Å². The Morgan fingerprint density at radius 1 is 1.19 bits per heavy atom. The average molecular weight is 433 g/mol. The van der Waals surface area contributed by atoms with Crippen molar-refractivity contribution in [2.24, 2.45) is 0 Å². The van der Waals surface area contributed by atoms with Crippen LogP contribution in [0, 0.1) is 5.41 Å². The van der Waals surface area contributed by atoms with E-state index in [2.05, 4.69) is 25.3 Å². The highest BCUT2D eigenvalue weighted by Crippen LogP contribution is 2.33. The molecule has 2 aromatic heterocycles. The lowest BCUT2D eigenvalue weighted by Gasteiger charge is -2.38. The normalized spacial score (nSPS) is 15.2. The molecule has 0 spiro atoms. The minimum atomic E-state index is -4.42. The summed E-state index contributed by atoms with van der Waals surface area (Å²) in [7, 11) is 0. The fourth-order valence-electron chi connectivity index (χ4n) is 3.42. The van der Waals surface area contributed by atoms with Gasteiger partial charge in [-0.25, -0.2) is 9.97 Å². The number of imidazole rings is 1. The molecule has 31 heavy (non-hydrogen) atoms. The fourth-order valence-corrected chi connectivity index (χ4v) is 3.42. The molecule has 1 saturated heterocycles. The van der Waals surface area contributed by atoms with Crippen LogP contribution < -0.4 is 15.8 Å². The first-order chi connectivity index (χ1) is 14.4. The molecule has 0 unspecified atom stereocenters. The summed E-state index contributed by atoms with van der Waals surface area (Å²) in [6, 6.07) is 3.40. The number of aromatic nitrogens is 4. The second kappa shape index (κ2) is 7.10. The molecule has 0 amide bonds. The average Bonchev–Trinajstić information content (AvgIpc) is 3.00. The number of fused-ring (bicyclic) bond motifs is 1. The van der Waals surface area contributed by atoms with Crippen molar-refractivity contribution in [3.05, 3.63) is 45.5 Å². The number of rotatable bonds is 4. The molecule has 0 radical (unpaired) electrons. The standard InChI is InChI=1S/C20H22F3N7O/c1-19(2,3)29-16-12(7-24)17(31)28-15(27-16)10-8-30(9-10)18-25-13-5-4-11(20(21,22)23)6-14(13)26-18/h4-7,10,24H,8-9H2,1-3H3,(H,25,26)(H2,27,28,29,31). The maximum Gasteiger partial charge on any atom is 0.416 e. The highest BCUT2D eigenvalue weighted by Gasteiger charge is 2.34. The van der Waals surface area contributed by atoms with Crippen molar-refractivity contribution >= 4 is 29.0 Å². The van der Waals surface area contributed by atoms with Gasteiger partial charge in [0.1, 0.15) is 11.6 Å². The summed E-state index contributed by atoms with van der Waals surface area (Å²) in [4.78, 5) is 28.8. The Morgan fingerprint density at radius 2 is 1.90 bits per heavy atom. The van der Waals surface area contributed by atoms with Crippen molar-refractivity contribution in [3.8, 4) is 0 Å². The van der Waals surface area contributed by atoms with E-state index >= 15 is 0 Å². The summed E-state index contributed by atoms with van der Waals surface area (Å²) in [6.07, 6.45) is -3.44. The lowest BCUT2D eigenvalue weighted by atomic mass is 9.99. The largest absolute Gasteiger partial charge is 0.416 e. The molecule has 4 rings (SSSR count). The quantitative estimate of drug-likeness (QED) is 0.471. The minimum Gasteiger partial charge on any atom is -0.365 e. The second-order valence-electron chi connectivity index (χ2n) is 8.62. The van der Waals surface area contributed by atoms with E-state index < -0.39 is 17.3 Å². The molecular formula is C20H22F3N7O. The molecule has 1 aliphatic rings. The van der Waals surface area contributed by atoms with Gasteiger partial charge in [0.05, 0.1) is 28.1 Å². The number of anilines is 2. The van der Waals surface area contributed by atoms with Crippen molar-refractivity contribution in [1.82, 2.24) is 19.9 Å². The third kappa shape index (κ3) is 4.12. The molecule has 11 heteroatoms. The maximum atomic E-state index is 12.9. The van der Waals surface area contributed by atoms with Gasteiger partial charge >= 0.3 is 6.18 Å². The lowest BCUT2D eigenvalue weighted by molar-refractivity contribution is -0.137. The number of benzene rings is 1. The van der Waals surface area contributed by atoms with Gasteiger partial charge in [0, 0.05) is 24.8 Å². The minimum absolute atomic E-state index is 0.0769. The molecule has 3 heterocycles. The van der Waals surface area contributed by atoms with Gasteiger partial charge in [-0.2, -0.15) is 13.2 Å². The number of hydrogen-bond donors (Lipinski definition) is 4. The zero-order valence-electron chi connectivity index (χ0n) is 17.2. The summed E-state index contributed by atoms with van der Waals surface area (Å²) in [5, 5.41) is 10.7. The first-order valence-corrected chi connectivity index (χ1v) is 9.69. The van der Waals surface area contributed by atoms with Gasteiger partial charge in [-0.15, -0.1) is 0 Å². The van der Waals surface area contributed by atoms with Crippen LogP contribution in [0.1, 0.15) is 43.6 Å². The van der Waals surface area contributed by atoms with Crippen molar-refractivity contribution < 1.29 is 13.2 Å². The van der Waals surface area contributed by atoms with Crippen LogP contribution in [0.2, 0.25) is 0 Å². The predicted molar refractivity (Wildman–Crippen MR) is 112 cm³/mol. The van der Waals surface area contributed by atoms with Crippen LogP contribution in [0.3, 0.4) is 0 Å². The van der Waals surface area contributed by atoms with Gasteiger partial charge in [0.25, 0.3) is 5.56 Å². The molecule has 0 saturated carbocycles. The van der Waals surface area contributed by atoms with E-state index in [-0.39, 0.29) is 17.0 Å².